The molecule has 0 unspecified atom stereocenters. The molecule has 0 spiro atoms. The van der Waals surface area contributed by atoms with Crippen LogP contribution in [0.5, 0.6) is 0 Å². The number of thioether (sulfide) groups is 1. The lowest BCUT2D eigenvalue weighted by Crippen LogP contribution is -2.16. The summed E-state index contributed by atoms with van der Waals surface area (Å²) >= 11 is 1.26. The standard InChI is InChI=1S/C11H14N2O2SSi/c1-16-11-10(13(14)15)7-9(8-12-11)5-6-17(2,3)4/h7-8H,1-4H3. The second-order valence-corrected chi connectivity index (χ2v) is 10.1. The Morgan fingerprint density at radius 3 is 2.59 bits per heavy atom. The van der Waals surface area contributed by atoms with Crippen molar-refractivity contribution < 1.29 is 4.92 Å². The Bertz CT molecular complexity index is 500. The third kappa shape index (κ3) is 4.21. The van der Waals surface area contributed by atoms with Crippen molar-refractivity contribution in [2.45, 2.75) is 24.7 Å². The average Bonchev–Trinajstić information content (AvgIpc) is 2.25. The number of pyridine rings is 1. The van der Waals surface area contributed by atoms with Crippen LogP contribution in [-0.2, 0) is 0 Å². The molecule has 1 aromatic heterocycles. The predicted octanol–water partition coefficient (Wildman–Crippen LogP) is 2.94. The van der Waals surface area contributed by atoms with E-state index in [4.69, 9.17) is 0 Å². The first kappa shape index (κ1) is 13.7. The van der Waals surface area contributed by atoms with E-state index in [-0.39, 0.29) is 5.69 Å². The molecule has 0 bridgehead atoms. The van der Waals surface area contributed by atoms with Crippen molar-refractivity contribution in [2.24, 2.45) is 0 Å². The van der Waals surface area contributed by atoms with Gasteiger partial charge in [-0.1, -0.05) is 25.6 Å². The van der Waals surface area contributed by atoms with Gasteiger partial charge in [0, 0.05) is 17.8 Å². The highest BCUT2D eigenvalue weighted by atomic mass is 32.2. The molecule has 0 amide bonds. The third-order valence-electron chi connectivity index (χ3n) is 1.80. The fraction of sp³-hybridized carbons (Fsp3) is 0.364. The van der Waals surface area contributed by atoms with Crippen LogP contribution < -0.4 is 0 Å². The lowest BCUT2D eigenvalue weighted by atomic mass is 10.3. The van der Waals surface area contributed by atoms with Crippen molar-refractivity contribution in [1.29, 1.82) is 0 Å². The van der Waals surface area contributed by atoms with Crippen LogP contribution in [0.3, 0.4) is 0 Å². The van der Waals surface area contributed by atoms with Crippen molar-refractivity contribution in [3.05, 3.63) is 27.9 Å². The van der Waals surface area contributed by atoms with Gasteiger partial charge in [-0.25, -0.2) is 4.98 Å². The molecule has 1 heterocycles. The molecule has 0 aliphatic rings. The summed E-state index contributed by atoms with van der Waals surface area (Å²) < 4.78 is 0. The van der Waals surface area contributed by atoms with E-state index in [1.54, 1.807) is 12.5 Å². The summed E-state index contributed by atoms with van der Waals surface area (Å²) in [6.45, 7) is 6.37. The summed E-state index contributed by atoms with van der Waals surface area (Å²) in [5.41, 5.74) is 3.80. The van der Waals surface area contributed by atoms with Crippen LogP contribution in [0.2, 0.25) is 19.6 Å². The smallest absolute Gasteiger partial charge is 0.258 e. The van der Waals surface area contributed by atoms with Crippen LogP contribution in [0.15, 0.2) is 17.3 Å². The van der Waals surface area contributed by atoms with Crippen LogP contribution in [-0.4, -0.2) is 24.2 Å². The molecule has 0 radical (unpaired) electrons. The number of rotatable bonds is 2. The molecule has 1 aromatic rings. The topological polar surface area (TPSA) is 56.0 Å². The summed E-state index contributed by atoms with van der Waals surface area (Å²) in [6, 6.07) is 1.49. The minimum absolute atomic E-state index is 0.0277. The van der Waals surface area contributed by atoms with Gasteiger partial charge in [-0.05, 0) is 6.26 Å². The maximum absolute atomic E-state index is 10.8. The van der Waals surface area contributed by atoms with E-state index < -0.39 is 13.0 Å². The number of nitrogens with zero attached hydrogens (tertiary/aromatic N) is 2. The molecular weight excluding hydrogens is 252 g/mol. The van der Waals surface area contributed by atoms with Gasteiger partial charge in [0.1, 0.15) is 8.07 Å². The Labute approximate surface area is 106 Å². The lowest BCUT2D eigenvalue weighted by Gasteiger charge is -2.03. The Hall–Kier alpha value is -1.32. The number of nitro groups is 1. The summed E-state index contributed by atoms with van der Waals surface area (Å²) in [5.74, 6) is 2.97. The van der Waals surface area contributed by atoms with Crippen molar-refractivity contribution in [1.82, 2.24) is 4.98 Å². The Morgan fingerprint density at radius 2 is 2.12 bits per heavy atom. The Balaban J connectivity index is 3.16. The summed E-state index contributed by atoms with van der Waals surface area (Å²) in [4.78, 5) is 14.5. The van der Waals surface area contributed by atoms with E-state index in [0.717, 1.165) is 0 Å². The van der Waals surface area contributed by atoms with Crippen LogP contribution >= 0.6 is 11.8 Å². The summed E-state index contributed by atoms with van der Waals surface area (Å²) in [7, 11) is -1.47. The van der Waals surface area contributed by atoms with Gasteiger partial charge in [0.15, 0.2) is 5.03 Å². The molecular formula is C11H14N2O2SSi. The maximum atomic E-state index is 10.8. The zero-order valence-electron chi connectivity index (χ0n) is 10.3. The molecule has 0 aliphatic heterocycles. The fourth-order valence-electron chi connectivity index (χ4n) is 1.06. The molecule has 0 saturated carbocycles. The van der Waals surface area contributed by atoms with Crippen LogP contribution in [0.1, 0.15) is 5.56 Å². The van der Waals surface area contributed by atoms with Crippen molar-refractivity contribution >= 4 is 25.5 Å². The molecule has 0 fully saturated rings. The summed E-state index contributed by atoms with van der Waals surface area (Å²) in [6.07, 6.45) is 3.36. The molecule has 90 valence electrons. The minimum atomic E-state index is -1.47. The maximum Gasteiger partial charge on any atom is 0.302 e. The fourth-order valence-corrected chi connectivity index (χ4v) is 2.08. The van der Waals surface area contributed by atoms with Gasteiger partial charge in [0.25, 0.3) is 0 Å². The molecule has 0 saturated heterocycles. The monoisotopic (exact) mass is 266 g/mol. The van der Waals surface area contributed by atoms with E-state index in [2.05, 4.69) is 36.1 Å². The molecule has 0 atom stereocenters. The van der Waals surface area contributed by atoms with Gasteiger partial charge in [-0.2, -0.15) is 0 Å². The SMILES string of the molecule is CSc1ncc(C#C[Si](C)(C)C)cc1[N+](=O)[O-]. The van der Waals surface area contributed by atoms with Gasteiger partial charge < -0.3 is 0 Å². The highest BCUT2D eigenvalue weighted by molar-refractivity contribution is 7.98. The zero-order valence-corrected chi connectivity index (χ0v) is 12.1. The van der Waals surface area contributed by atoms with Crippen molar-refractivity contribution in [3.63, 3.8) is 0 Å². The van der Waals surface area contributed by atoms with E-state index in [0.29, 0.717) is 10.6 Å². The van der Waals surface area contributed by atoms with Crippen LogP contribution in [0.25, 0.3) is 0 Å². The van der Waals surface area contributed by atoms with Gasteiger partial charge in [0.05, 0.1) is 4.92 Å². The van der Waals surface area contributed by atoms with Gasteiger partial charge in [0.2, 0.25) is 0 Å². The third-order valence-corrected chi connectivity index (χ3v) is 3.38. The van der Waals surface area contributed by atoms with E-state index >= 15 is 0 Å². The molecule has 0 aliphatic carbocycles. The second-order valence-electron chi connectivity index (χ2n) is 4.51. The normalized spacial score (nSPS) is 10.6. The van der Waals surface area contributed by atoms with Gasteiger partial charge in [-0.15, -0.1) is 17.3 Å². The van der Waals surface area contributed by atoms with Crippen molar-refractivity contribution in [3.8, 4) is 11.5 Å². The van der Waals surface area contributed by atoms with Crippen LogP contribution in [0.4, 0.5) is 5.69 Å². The first-order valence-corrected chi connectivity index (χ1v) is 9.77. The molecule has 6 heteroatoms. The van der Waals surface area contributed by atoms with E-state index in [1.165, 1.54) is 17.8 Å². The van der Waals surface area contributed by atoms with Crippen LogP contribution in [0, 0.1) is 21.6 Å². The van der Waals surface area contributed by atoms with Gasteiger partial charge in [-0.3, -0.25) is 10.1 Å². The molecule has 17 heavy (non-hydrogen) atoms. The van der Waals surface area contributed by atoms with Gasteiger partial charge >= 0.3 is 5.69 Å². The molecule has 1 rings (SSSR count). The highest BCUT2D eigenvalue weighted by Crippen LogP contribution is 2.25. The Morgan fingerprint density at radius 1 is 1.47 bits per heavy atom. The minimum Gasteiger partial charge on any atom is -0.258 e. The van der Waals surface area contributed by atoms with E-state index in [1.807, 2.05) is 0 Å². The summed E-state index contributed by atoms with van der Waals surface area (Å²) in [5, 5.41) is 11.3. The highest BCUT2D eigenvalue weighted by Gasteiger charge is 2.15. The number of hydrogen-bond donors (Lipinski definition) is 0. The van der Waals surface area contributed by atoms with Crippen molar-refractivity contribution in [2.75, 3.05) is 6.26 Å². The predicted molar refractivity (Wildman–Crippen MR) is 72.9 cm³/mol. The zero-order chi connectivity index (χ0) is 13.1. The molecule has 0 N–H and O–H groups in total. The second kappa shape index (κ2) is 5.34. The first-order chi connectivity index (χ1) is 7.83. The molecule has 0 aromatic carbocycles. The largest absolute Gasteiger partial charge is 0.302 e. The quantitative estimate of drug-likeness (QED) is 0.271. The number of aromatic nitrogens is 1. The number of hydrogen-bond acceptors (Lipinski definition) is 4. The van der Waals surface area contributed by atoms with E-state index in [9.17, 15) is 10.1 Å². The average molecular weight is 266 g/mol. The first-order valence-electron chi connectivity index (χ1n) is 5.05. The molecule has 4 nitrogen and oxygen atoms in total. The lowest BCUT2D eigenvalue weighted by molar-refractivity contribution is -0.388. The Kier molecular flexibility index (Phi) is 4.32.